The number of ether oxygens (including phenoxy) is 1. The summed E-state index contributed by atoms with van der Waals surface area (Å²) < 4.78 is 5.48. The molecule has 1 aromatic rings. The lowest BCUT2D eigenvalue weighted by Crippen LogP contribution is -2.54. The molecule has 3 unspecified atom stereocenters. The normalized spacial score (nSPS) is 13.7. The average molecular weight is 564 g/mol. The van der Waals surface area contributed by atoms with E-state index >= 15 is 0 Å². The van der Waals surface area contributed by atoms with Gasteiger partial charge in [0.2, 0.25) is 11.8 Å². The summed E-state index contributed by atoms with van der Waals surface area (Å²) >= 11 is 1.61. The third kappa shape index (κ3) is 13.6. The van der Waals surface area contributed by atoms with Crippen molar-refractivity contribution >= 4 is 29.7 Å². The van der Waals surface area contributed by atoms with Gasteiger partial charge < -0.3 is 20.3 Å². The first-order valence-corrected chi connectivity index (χ1v) is 16.0. The Bertz CT molecular complexity index is 870. The van der Waals surface area contributed by atoms with E-state index in [2.05, 4.69) is 24.5 Å². The topological polar surface area (TPSA) is 87.7 Å². The molecule has 0 saturated carbocycles. The summed E-state index contributed by atoms with van der Waals surface area (Å²) in [4.78, 5) is 42.5. The third-order valence-corrected chi connectivity index (χ3v) is 7.09. The second kappa shape index (κ2) is 18.2. The maximum atomic E-state index is 14.2. The predicted octanol–water partition coefficient (Wildman–Crippen LogP) is 6.79. The van der Waals surface area contributed by atoms with Crippen LogP contribution >= 0.6 is 11.8 Å². The summed E-state index contributed by atoms with van der Waals surface area (Å²) in [6.45, 7) is 14.1. The van der Waals surface area contributed by atoms with Gasteiger partial charge in [-0.15, -0.1) is 0 Å². The maximum Gasteiger partial charge on any atom is 0.408 e. The minimum absolute atomic E-state index is 0.0101. The zero-order valence-corrected chi connectivity index (χ0v) is 26.4. The van der Waals surface area contributed by atoms with Crippen LogP contribution in [-0.4, -0.2) is 59.0 Å². The van der Waals surface area contributed by atoms with E-state index < -0.39 is 23.8 Å². The van der Waals surface area contributed by atoms with E-state index in [1.54, 1.807) is 37.4 Å². The van der Waals surface area contributed by atoms with E-state index in [4.69, 9.17) is 4.74 Å². The summed E-state index contributed by atoms with van der Waals surface area (Å²) in [6.07, 6.45) is 8.70. The number of hydrogen-bond acceptors (Lipinski definition) is 5. The monoisotopic (exact) mass is 563 g/mol. The molecule has 0 heterocycles. The van der Waals surface area contributed by atoms with Gasteiger partial charge in [-0.25, -0.2) is 4.79 Å². The Balaban J connectivity index is 3.44. The van der Waals surface area contributed by atoms with Crippen LogP contribution in [0.3, 0.4) is 0 Å². The van der Waals surface area contributed by atoms with Crippen LogP contribution in [0.25, 0.3) is 0 Å². The largest absolute Gasteiger partial charge is 0.444 e. The Kier molecular flexibility index (Phi) is 16.2. The van der Waals surface area contributed by atoms with Gasteiger partial charge in [-0.05, 0) is 71.5 Å². The number of thioether (sulfide) groups is 1. The van der Waals surface area contributed by atoms with Crippen molar-refractivity contribution in [2.75, 3.05) is 18.6 Å². The number of unbranched alkanes of at least 4 members (excludes halogenated alkanes) is 4. The molecule has 7 nitrogen and oxygen atoms in total. The first-order valence-electron chi connectivity index (χ1n) is 14.6. The first kappa shape index (κ1) is 34.8. The van der Waals surface area contributed by atoms with E-state index in [0.29, 0.717) is 18.7 Å². The minimum atomic E-state index is -0.795. The quantitative estimate of drug-likeness (QED) is 0.204. The van der Waals surface area contributed by atoms with Crippen LogP contribution in [0.5, 0.6) is 0 Å². The summed E-state index contributed by atoms with van der Waals surface area (Å²) in [7, 11) is 0. The Morgan fingerprint density at radius 3 is 2.15 bits per heavy atom. The van der Waals surface area contributed by atoms with Crippen LogP contribution in [0.2, 0.25) is 0 Å². The molecule has 0 aliphatic heterocycles. The molecule has 222 valence electrons. The Morgan fingerprint density at radius 1 is 0.949 bits per heavy atom. The zero-order valence-electron chi connectivity index (χ0n) is 25.6. The van der Waals surface area contributed by atoms with Crippen molar-refractivity contribution in [1.82, 2.24) is 15.5 Å². The molecule has 1 rings (SSSR count). The molecular formula is C31H53N3O4S. The second-order valence-corrected chi connectivity index (χ2v) is 12.4. The van der Waals surface area contributed by atoms with Crippen molar-refractivity contribution < 1.29 is 19.1 Å². The SMILES string of the molecule is CCCCCCCN(C(=O)C(CCSC)NC(=O)OC(C)(C)C)C(C(=O)NC(C)CCC)c1ccc(C)cc1. The van der Waals surface area contributed by atoms with Gasteiger partial charge in [0.25, 0.3) is 0 Å². The highest BCUT2D eigenvalue weighted by atomic mass is 32.2. The number of alkyl carbamates (subject to hydrolysis) is 1. The molecule has 3 atom stereocenters. The van der Waals surface area contributed by atoms with E-state index in [-0.39, 0.29) is 17.9 Å². The second-order valence-electron chi connectivity index (χ2n) is 11.4. The number of hydrogen-bond donors (Lipinski definition) is 2. The van der Waals surface area contributed by atoms with Crippen LogP contribution < -0.4 is 10.6 Å². The van der Waals surface area contributed by atoms with Gasteiger partial charge in [0, 0.05) is 12.6 Å². The fourth-order valence-corrected chi connectivity index (χ4v) is 4.92. The first-order chi connectivity index (χ1) is 18.4. The van der Waals surface area contributed by atoms with Crippen LogP contribution in [0.15, 0.2) is 24.3 Å². The van der Waals surface area contributed by atoms with Crippen LogP contribution in [0.1, 0.15) is 110 Å². The maximum absolute atomic E-state index is 14.2. The van der Waals surface area contributed by atoms with Crippen molar-refractivity contribution in [3.05, 3.63) is 35.4 Å². The van der Waals surface area contributed by atoms with Gasteiger partial charge in [-0.1, -0.05) is 75.8 Å². The van der Waals surface area contributed by atoms with E-state index in [1.807, 2.05) is 44.4 Å². The number of rotatable bonds is 17. The number of amides is 3. The third-order valence-electron chi connectivity index (χ3n) is 6.45. The Hall–Kier alpha value is -2.22. The number of benzene rings is 1. The van der Waals surface area contributed by atoms with Gasteiger partial charge in [0.05, 0.1) is 0 Å². The molecule has 0 aliphatic rings. The molecule has 0 radical (unpaired) electrons. The lowest BCUT2D eigenvalue weighted by Gasteiger charge is -2.35. The molecule has 0 fully saturated rings. The lowest BCUT2D eigenvalue weighted by molar-refractivity contribution is -0.143. The molecule has 0 saturated heterocycles. The van der Waals surface area contributed by atoms with Gasteiger partial charge >= 0.3 is 6.09 Å². The zero-order chi connectivity index (χ0) is 29.4. The van der Waals surface area contributed by atoms with Crippen molar-refractivity contribution in [2.45, 2.75) is 124 Å². The Morgan fingerprint density at radius 2 is 1.59 bits per heavy atom. The van der Waals surface area contributed by atoms with Crippen molar-refractivity contribution in [1.29, 1.82) is 0 Å². The number of aryl methyl sites for hydroxylation is 1. The summed E-state index contributed by atoms with van der Waals surface area (Å²) in [6, 6.07) is 6.21. The van der Waals surface area contributed by atoms with Gasteiger partial charge in [0.15, 0.2) is 0 Å². The number of carbonyl (C=O) groups excluding carboxylic acids is 3. The molecule has 0 spiro atoms. The summed E-state index contributed by atoms with van der Waals surface area (Å²) in [5, 5.41) is 5.96. The van der Waals surface area contributed by atoms with Crippen LogP contribution in [-0.2, 0) is 14.3 Å². The summed E-state index contributed by atoms with van der Waals surface area (Å²) in [5.41, 5.74) is 1.17. The molecule has 0 aliphatic carbocycles. The molecular weight excluding hydrogens is 510 g/mol. The average Bonchev–Trinajstić information content (AvgIpc) is 2.85. The number of nitrogens with zero attached hydrogens (tertiary/aromatic N) is 1. The van der Waals surface area contributed by atoms with Crippen molar-refractivity contribution in [3.63, 3.8) is 0 Å². The number of carbonyl (C=O) groups is 3. The summed E-state index contributed by atoms with van der Waals surface area (Å²) in [5.74, 6) is 0.239. The van der Waals surface area contributed by atoms with Crippen LogP contribution in [0.4, 0.5) is 4.79 Å². The minimum Gasteiger partial charge on any atom is -0.444 e. The smallest absolute Gasteiger partial charge is 0.408 e. The molecule has 0 aromatic heterocycles. The lowest BCUT2D eigenvalue weighted by atomic mass is 9.99. The highest BCUT2D eigenvalue weighted by Gasteiger charge is 2.36. The fraction of sp³-hybridized carbons (Fsp3) is 0.710. The highest BCUT2D eigenvalue weighted by Crippen LogP contribution is 2.25. The van der Waals surface area contributed by atoms with Crippen molar-refractivity contribution in [3.8, 4) is 0 Å². The van der Waals surface area contributed by atoms with Gasteiger partial charge in [-0.3, -0.25) is 9.59 Å². The van der Waals surface area contributed by atoms with E-state index in [0.717, 1.165) is 56.1 Å². The standard InChI is InChI=1S/C31H53N3O4S/c1-9-11-12-13-14-21-34(29(36)26(20-22-39-8)33-30(37)38-31(5,6)7)27(25-18-16-23(3)17-19-25)28(35)32-24(4)15-10-2/h16-19,24,26-27H,9-15,20-22H2,1-8H3,(H,32,35)(H,33,37). The van der Waals surface area contributed by atoms with Crippen molar-refractivity contribution in [2.24, 2.45) is 0 Å². The van der Waals surface area contributed by atoms with Gasteiger partial charge in [0.1, 0.15) is 17.7 Å². The highest BCUT2D eigenvalue weighted by molar-refractivity contribution is 7.98. The Labute approximate surface area is 241 Å². The molecule has 39 heavy (non-hydrogen) atoms. The van der Waals surface area contributed by atoms with Crippen LogP contribution in [0, 0.1) is 6.92 Å². The molecule has 1 aromatic carbocycles. The molecule has 8 heteroatoms. The number of nitrogens with one attached hydrogen (secondary N) is 2. The molecule has 2 N–H and O–H groups in total. The molecule has 0 bridgehead atoms. The van der Waals surface area contributed by atoms with Gasteiger partial charge in [-0.2, -0.15) is 11.8 Å². The fourth-order valence-electron chi connectivity index (χ4n) is 4.44. The predicted molar refractivity (Wildman–Crippen MR) is 163 cm³/mol. The molecule has 3 amide bonds. The van der Waals surface area contributed by atoms with E-state index in [1.165, 1.54) is 0 Å². The van der Waals surface area contributed by atoms with E-state index in [9.17, 15) is 14.4 Å².